The topological polar surface area (TPSA) is 54.9 Å². The van der Waals surface area contributed by atoms with Gasteiger partial charge in [0.2, 0.25) is 5.91 Å². The van der Waals surface area contributed by atoms with Gasteiger partial charge in [-0.2, -0.15) is 0 Å². The Hall–Kier alpha value is -3.26. The normalized spacial score (nSPS) is 14.2. The van der Waals surface area contributed by atoms with Gasteiger partial charge in [0.15, 0.2) is 5.13 Å². The van der Waals surface area contributed by atoms with E-state index in [-0.39, 0.29) is 11.8 Å². The molecule has 0 radical (unpaired) electrons. The number of anilines is 1. The van der Waals surface area contributed by atoms with Crippen LogP contribution in [0.25, 0.3) is 10.2 Å². The number of ether oxygens (including phenoxy) is 2. The number of hydrogen-bond acceptors (Lipinski definition) is 6. The van der Waals surface area contributed by atoms with Crippen LogP contribution in [-0.4, -0.2) is 61.8 Å². The second kappa shape index (κ2) is 13.0. The first-order chi connectivity index (χ1) is 18.7. The van der Waals surface area contributed by atoms with Gasteiger partial charge in [0.05, 0.1) is 24.5 Å². The van der Waals surface area contributed by atoms with Crippen LogP contribution in [0.3, 0.4) is 0 Å². The first-order valence-corrected chi connectivity index (χ1v) is 14.3. The van der Waals surface area contributed by atoms with Gasteiger partial charge in [-0.15, -0.1) is 0 Å². The number of thiazole rings is 1. The number of nitrogens with zero attached hydrogens (tertiary/aromatic N) is 3. The highest BCUT2D eigenvalue weighted by atomic mass is 32.1. The maximum atomic E-state index is 14.1. The highest BCUT2D eigenvalue weighted by molar-refractivity contribution is 7.22. The highest BCUT2D eigenvalue weighted by Gasteiger charge is 2.26. The number of hydrogen-bond donors (Lipinski definition) is 0. The molecule has 2 heterocycles. The van der Waals surface area contributed by atoms with Gasteiger partial charge in [-0.3, -0.25) is 14.6 Å². The number of benzene rings is 3. The van der Waals surface area contributed by atoms with Crippen molar-refractivity contribution in [2.75, 3.05) is 50.9 Å². The maximum Gasteiger partial charge on any atom is 0.229 e. The first-order valence-electron chi connectivity index (χ1n) is 13.5. The van der Waals surface area contributed by atoms with Gasteiger partial charge in [0.25, 0.3) is 0 Å². The lowest BCUT2D eigenvalue weighted by molar-refractivity contribution is -0.118. The summed E-state index contributed by atoms with van der Waals surface area (Å²) in [5.74, 6) is 0.821. The van der Waals surface area contributed by atoms with Crippen LogP contribution < -0.4 is 9.64 Å². The average Bonchev–Trinajstić information content (AvgIpc) is 3.40. The van der Waals surface area contributed by atoms with Gasteiger partial charge >= 0.3 is 0 Å². The molecule has 0 unspecified atom stereocenters. The first kappa shape index (κ1) is 26.4. The van der Waals surface area contributed by atoms with Crippen molar-refractivity contribution in [2.45, 2.75) is 25.7 Å². The van der Waals surface area contributed by atoms with Gasteiger partial charge in [-0.25, -0.2) is 4.98 Å². The Morgan fingerprint density at radius 3 is 2.34 bits per heavy atom. The molecule has 0 saturated carbocycles. The molecule has 1 fully saturated rings. The van der Waals surface area contributed by atoms with E-state index in [0.717, 1.165) is 71.5 Å². The lowest BCUT2D eigenvalue weighted by Gasteiger charge is -2.28. The Balaban J connectivity index is 1.43. The Kier molecular flexibility index (Phi) is 9.02. The van der Waals surface area contributed by atoms with Crippen molar-refractivity contribution in [2.24, 2.45) is 0 Å². The number of fused-ring (bicyclic) bond motifs is 1. The van der Waals surface area contributed by atoms with Crippen molar-refractivity contribution < 1.29 is 14.3 Å². The fraction of sp³-hybridized carbons (Fsp3) is 0.355. The number of carbonyl (C=O) groups is 1. The number of carbonyl (C=O) groups excluding carboxylic acids is 1. The number of rotatable bonds is 11. The third-order valence-electron chi connectivity index (χ3n) is 6.94. The second-order valence-corrected chi connectivity index (χ2v) is 10.5. The fourth-order valence-corrected chi connectivity index (χ4v) is 6.01. The minimum atomic E-state index is -0.0278. The molecule has 1 amide bonds. The monoisotopic (exact) mass is 529 g/mol. The molecule has 4 aromatic rings. The quantitative estimate of drug-likeness (QED) is 0.240. The van der Waals surface area contributed by atoms with E-state index in [9.17, 15) is 4.79 Å². The van der Waals surface area contributed by atoms with Crippen LogP contribution in [0.4, 0.5) is 5.13 Å². The third kappa shape index (κ3) is 6.41. The Bertz CT molecular complexity index is 1270. The molecule has 0 N–H and O–H groups in total. The van der Waals surface area contributed by atoms with Crippen LogP contribution in [0.2, 0.25) is 0 Å². The van der Waals surface area contributed by atoms with Gasteiger partial charge in [-0.05, 0) is 36.6 Å². The molecule has 3 aromatic carbocycles. The second-order valence-electron chi connectivity index (χ2n) is 9.46. The summed E-state index contributed by atoms with van der Waals surface area (Å²) in [7, 11) is 0. The van der Waals surface area contributed by atoms with Crippen LogP contribution in [-0.2, 0) is 9.53 Å². The van der Waals surface area contributed by atoms with E-state index in [2.05, 4.69) is 29.2 Å². The summed E-state index contributed by atoms with van der Waals surface area (Å²) in [5.41, 5.74) is 3.11. The molecule has 0 spiro atoms. The third-order valence-corrected chi connectivity index (χ3v) is 7.99. The number of para-hydroxylation sites is 1. The summed E-state index contributed by atoms with van der Waals surface area (Å²) in [6.07, 6.45) is 1.25. The molecule has 7 heteroatoms. The fourth-order valence-electron chi connectivity index (χ4n) is 4.99. The highest BCUT2D eigenvalue weighted by Crippen LogP contribution is 2.36. The van der Waals surface area contributed by atoms with Gasteiger partial charge < -0.3 is 9.47 Å². The molecule has 38 heavy (non-hydrogen) atoms. The molecule has 1 aliphatic rings. The van der Waals surface area contributed by atoms with Crippen molar-refractivity contribution in [1.29, 1.82) is 0 Å². The van der Waals surface area contributed by atoms with E-state index in [1.807, 2.05) is 66.4 Å². The van der Waals surface area contributed by atoms with Crippen molar-refractivity contribution in [1.82, 2.24) is 9.88 Å². The van der Waals surface area contributed by atoms with Crippen molar-refractivity contribution in [3.8, 4) is 5.75 Å². The molecule has 0 atom stereocenters. The molecule has 1 saturated heterocycles. The summed E-state index contributed by atoms with van der Waals surface area (Å²) in [6, 6.07) is 26.6. The number of morpholine rings is 1. The number of aromatic nitrogens is 1. The predicted molar refractivity (Wildman–Crippen MR) is 154 cm³/mol. The standard InChI is InChI=1S/C31H35N3O3S/c1-2-37-27-15-9-16-28-30(27)32-31(38-28)34(18-10-17-33-19-21-36-22-20-33)29(35)23-26(24-11-5-3-6-12-24)25-13-7-4-8-14-25/h3-9,11-16,26H,2,10,17-23H2,1H3. The molecule has 1 aromatic heterocycles. The zero-order valence-corrected chi connectivity index (χ0v) is 22.7. The Morgan fingerprint density at radius 1 is 1.00 bits per heavy atom. The van der Waals surface area contributed by atoms with E-state index in [1.165, 1.54) is 0 Å². The van der Waals surface area contributed by atoms with E-state index >= 15 is 0 Å². The summed E-state index contributed by atoms with van der Waals surface area (Å²) in [6.45, 7) is 7.53. The van der Waals surface area contributed by atoms with Crippen molar-refractivity contribution in [3.63, 3.8) is 0 Å². The van der Waals surface area contributed by atoms with E-state index < -0.39 is 0 Å². The van der Waals surface area contributed by atoms with Crippen LogP contribution in [0.1, 0.15) is 36.8 Å². The smallest absolute Gasteiger partial charge is 0.229 e. The van der Waals surface area contributed by atoms with Crippen LogP contribution >= 0.6 is 11.3 Å². The van der Waals surface area contributed by atoms with Gasteiger partial charge in [0, 0.05) is 38.5 Å². The average molecular weight is 530 g/mol. The zero-order valence-electron chi connectivity index (χ0n) is 21.9. The molecular formula is C31H35N3O3S. The van der Waals surface area contributed by atoms with Crippen LogP contribution in [0.5, 0.6) is 5.75 Å². The summed E-state index contributed by atoms with van der Waals surface area (Å²) in [4.78, 5) is 23.3. The largest absolute Gasteiger partial charge is 0.492 e. The van der Waals surface area contributed by atoms with E-state index in [1.54, 1.807) is 11.3 Å². The Labute approximate surface area is 228 Å². The minimum Gasteiger partial charge on any atom is -0.492 e. The molecule has 198 valence electrons. The van der Waals surface area contributed by atoms with Gasteiger partial charge in [-0.1, -0.05) is 78.1 Å². The van der Waals surface area contributed by atoms with Crippen LogP contribution in [0, 0.1) is 0 Å². The SMILES string of the molecule is CCOc1cccc2sc(N(CCCN3CCOCC3)C(=O)CC(c3ccccc3)c3ccccc3)nc12. The molecule has 0 aliphatic carbocycles. The molecule has 5 rings (SSSR count). The minimum absolute atomic E-state index is 0.0278. The predicted octanol–water partition coefficient (Wildman–Crippen LogP) is 5.97. The summed E-state index contributed by atoms with van der Waals surface area (Å²) < 4.78 is 12.4. The lowest BCUT2D eigenvalue weighted by atomic mass is 9.88. The summed E-state index contributed by atoms with van der Waals surface area (Å²) in [5, 5.41) is 0.735. The molecular weight excluding hydrogens is 494 g/mol. The van der Waals surface area contributed by atoms with E-state index in [4.69, 9.17) is 14.5 Å². The van der Waals surface area contributed by atoms with Crippen molar-refractivity contribution in [3.05, 3.63) is 90.0 Å². The number of amides is 1. The van der Waals surface area contributed by atoms with E-state index in [0.29, 0.717) is 19.6 Å². The van der Waals surface area contributed by atoms with Gasteiger partial charge in [0.1, 0.15) is 11.3 Å². The lowest BCUT2D eigenvalue weighted by Crippen LogP contribution is -2.39. The molecule has 0 bridgehead atoms. The molecule has 1 aliphatic heterocycles. The van der Waals surface area contributed by atoms with Crippen LogP contribution in [0.15, 0.2) is 78.9 Å². The van der Waals surface area contributed by atoms with Crippen molar-refractivity contribution >= 4 is 32.6 Å². The maximum absolute atomic E-state index is 14.1. The molecule has 6 nitrogen and oxygen atoms in total. The summed E-state index contributed by atoms with van der Waals surface area (Å²) >= 11 is 1.56. The Morgan fingerprint density at radius 2 is 1.68 bits per heavy atom. The zero-order chi connectivity index (χ0) is 26.2.